The molecule has 3 nitrogen and oxygen atoms in total. The second-order valence-electron chi connectivity index (χ2n) is 3.80. The molecule has 1 N–H and O–H groups in total. The molecule has 98 valence electrons. The van der Waals surface area contributed by atoms with E-state index in [0.29, 0.717) is 24.7 Å². The Kier molecular flexibility index (Phi) is 7.47. The van der Waals surface area contributed by atoms with Gasteiger partial charge in [0.25, 0.3) is 0 Å². The smallest absolute Gasteiger partial charge is 0.0606 e. The van der Waals surface area contributed by atoms with E-state index in [1.165, 1.54) is 0 Å². The first-order valence-corrected chi connectivity index (χ1v) is 6.20. The molecule has 0 fully saturated rings. The fraction of sp³-hybridized carbons (Fsp3) is 0.429. The van der Waals surface area contributed by atoms with E-state index in [4.69, 9.17) is 21.4 Å². The minimum atomic E-state index is 0.131. The first-order chi connectivity index (χ1) is 8.76. The van der Waals surface area contributed by atoms with Gasteiger partial charge in [-0.25, -0.2) is 0 Å². The summed E-state index contributed by atoms with van der Waals surface area (Å²) < 4.78 is 5.01. The quantitative estimate of drug-likeness (QED) is 0.796. The van der Waals surface area contributed by atoms with Crippen molar-refractivity contribution in [2.45, 2.75) is 0 Å². The Labute approximate surface area is 113 Å². The SMILES string of the molecule is COCCN(CC#Cc1ccc(Cl)cc1)CCO. The third-order valence-corrected chi connectivity index (χ3v) is 2.66. The molecule has 0 saturated carbocycles. The Bertz CT molecular complexity index is 394. The van der Waals surface area contributed by atoms with Gasteiger partial charge in [0.15, 0.2) is 0 Å². The highest BCUT2D eigenvalue weighted by atomic mass is 35.5. The number of ether oxygens (including phenoxy) is 1. The Morgan fingerprint density at radius 3 is 2.61 bits per heavy atom. The molecule has 0 radical (unpaired) electrons. The molecular weight excluding hydrogens is 250 g/mol. The molecule has 0 spiro atoms. The van der Waals surface area contributed by atoms with Crippen LogP contribution in [-0.2, 0) is 4.74 Å². The summed E-state index contributed by atoms with van der Waals surface area (Å²) in [7, 11) is 1.66. The number of halogens is 1. The zero-order chi connectivity index (χ0) is 13.2. The molecule has 0 bridgehead atoms. The summed E-state index contributed by atoms with van der Waals surface area (Å²) in [6.45, 7) is 2.77. The third-order valence-electron chi connectivity index (χ3n) is 2.41. The van der Waals surface area contributed by atoms with Crippen LogP contribution in [0.25, 0.3) is 0 Å². The van der Waals surface area contributed by atoms with Gasteiger partial charge in [0.1, 0.15) is 0 Å². The van der Waals surface area contributed by atoms with Crippen LogP contribution in [0, 0.1) is 11.8 Å². The zero-order valence-corrected chi connectivity index (χ0v) is 11.3. The average molecular weight is 268 g/mol. The van der Waals surface area contributed by atoms with Crippen molar-refractivity contribution in [1.29, 1.82) is 0 Å². The first kappa shape index (κ1) is 15.0. The van der Waals surface area contributed by atoms with Gasteiger partial charge in [0.2, 0.25) is 0 Å². The maximum Gasteiger partial charge on any atom is 0.0606 e. The molecule has 18 heavy (non-hydrogen) atoms. The van der Waals surface area contributed by atoms with Crippen LogP contribution in [0.3, 0.4) is 0 Å². The summed E-state index contributed by atoms with van der Waals surface area (Å²) in [5.41, 5.74) is 0.940. The van der Waals surface area contributed by atoms with Crippen molar-refractivity contribution >= 4 is 11.6 Å². The number of rotatable bonds is 6. The van der Waals surface area contributed by atoms with Crippen LogP contribution in [0.4, 0.5) is 0 Å². The normalized spacial score (nSPS) is 10.2. The molecule has 1 aromatic rings. The molecule has 0 heterocycles. The van der Waals surface area contributed by atoms with Crippen molar-refractivity contribution in [3.8, 4) is 11.8 Å². The lowest BCUT2D eigenvalue weighted by molar-refractivity contribution is 0.139. The summed E-state index contributed by atoms with van der Waals surface area (Å²) in [4.78, 5) is 2.05. The molecule has 0 aromatic heterocycles. The van der Waals surface area contributed by atoms with Crippen LogP contribution in [0.15, 0.2) is 24.3 Å². The van der Waals surface area contributed by atoms with E-state index in [1.807, 2.05) is 29.2 Å². The Balaban J connectivity index is 2.48. The van der Waals surface area contributed by atoms with Crippen molar-refractivity contribution in [2.24, 2.45) is 0 Å². The second kappa shape index (κ2) is 8.96. The van der Waals surface area contributed by atoms with E-state index in [0.717, 1.165) is 12.1 Å². The van der Waals surface area contributed by atoms with Crippen LogP contribution in [0.1, 0.15) is 5.56 Å². The van der Waals surface area contributed by atoms with Gasteiger partial charge in [-0.3, -0.25) is 4.90 Å². The molecule has 0 atom stereocenters. The molecule has 0 amide bonds. The lowest BCUT2D eigenvalue weighted by atomic mass is 10.2. The van der Waals surface area contributed by atoms with Crippen molar-refractivity contribution < 1.29 is 9.84 Å². The maximum atomic E-state index is 8.94. The Morgan fingerprint density at radius 2 is 2.00 bits per heavy atom. The monoisotopic (exact) mass is 267 g/mol. The highest BCUT2D eigenvalue weighted by molar-refractivity contribution is 6.30. The number of hydrogen-bond donors (Lipinski definition) is 1. The number of hydrogen-bond acceptors (Lipinski definition) is 3. The molecule has 0 aliphatic rings. The maximum absolute atomic E-state index is 8.94. The van der Waals surface area contributed by atoms with Gasteiger partial charge in [0, 0.05) is 30.8 Å². The third kappa shape index (κ3) is 6.04. The van der Waals surface area contributed by atoms with Gasteiger partial charge in [-0.2, -0.15) is 0 Å². The molecule has 0 aliphatic carbocycles. The van der Waals surface area contributed by atoms with Gasteiger partial charge in [-0.15, -0.1) is 0 Å². The molecule has 1 aromatic carbocycles. The summed E-state index contributed by atoms with van der Waals surface area (Å²) >= 11 is 5.80. The predicted octanol–water partition coefficient (Wildman–Crippen LogP) is 1.63. The van der Waals surface area contributed by atoms with Gasteiger partial charge >= 0.3 is 0 Å². The van der Waals surface area contributed by atoms with Crippen molar-refractivity contribution in [3.05, 3.63) is 34.9 Å². The van der Waals surface area contributed by atoms with E-state index in [9.17, 15) is 0 Å². The summed E-state index contributed by atoms with van der Waals surface area (Å²) in [6, 6.07) is 7.42. The molecule has 1 rings (SSSR count). The van der Waals surface area contributed by atoms with Gasteiger partial charge in [-0.05, 0) is 24.3 Å². The van der Waals surface area contributed by atoms with Crippen LogP contribution >= 0.6 is 11.6 Å². The fourth-order valence-corrected chi connectivity index (χ4v) is 1.54. The van der Waals surface area contributed by atoms with Crippen LogP contribution < -0.4 is 0 Å². The van der Waals surface area contributed by atoms with Crippen molar-refractivity contribution in [1.82, 2.24) is 4.90 Å². The van der Waals surface area contributed by atoms with E-state index in [-0.39, 0.29) is 6.61 Å². The Morgan fingerprint density at radius 1 is 1.28 bits per heavy atom. The van der Waals surface area contributed by atoms with E-state index < -0.39 is 0 Å². The lowest BCUT2D eigenvalue weighted by Crippen LogP contribution is -2.30. The minimum absolute atomic E-state index is 0.131. The summed E-state index contributed by atoms with van der Waals surface area (Å²) in [5.74, 6) is 6.15. The van der Waals surface area contributed by atoms with Crippen LogP contribution in [0.5, 0.6) is 0 Å². The molecule has 4 heteroatoms. The lowest BCUT2D eigenvalue weighted by Gasteiger charge is -2.17. The Hall–Kier alpha value is -1.05. The van der Waals surface area contributed by atoms with Crippen LogP contribution in [-0.4, -0.2) is 50.0 Å². The standard InChI is InChI=1S/C14H18ClNO2/c1-18-12-10-16(9-11-17)8-2-3-13-4-6-14(15)7-5-13/h4-7,17H,8-12H2,1H3. The largest absolute Gasteiger partial charge is 0.395 e. The fourth-order valence-electron chi connectivity index (χ4n) is 1.42. The van der Waals surface area contributed by atoms with Crippen LogP contribution in [0.2, 0.25) is 5.02 Å². The topological polar surface area (TPSA) is 32.7 Å². The average Bonchev–Trinajstić information content (AvgIpc) is 2.38. The molecule has 0 aliphatic heterocycles. The molecule has 0 unspecified atom stereocenters. The summed E-state index contributed by atoms with van der Waals surface area (Å²) in [6.07, 6.45) is 0. The minimum Gasteiger partial charge on any atom is -0.395 e. The number of benzene rings is 1. The zero-order valence-electron chi connectivity index (χ0n) is 10.5. The van der Waals surface area contributed by atoms with E-state index in [2.05, 4.69) is 11.8 Å². The van der Waals surface area contributed by atoms with Gasteiger partial charge in [-0.1, -0.05) is 23.4 Å². The van der Waals surface area contributed by atoms with Gasteiger partial charge in [0.05, 0.1) is 19.8 Å². The number of nitrogens with zero attached hydrogens (tertiary/aromatic N) is 1. The number of aliphatic hydroxyl groups is 1. The van der Waals surface area contributed by atoms with Crippen molar-refractivity contribution in [3.63, 3.8) is 0 Å². The highest BCUT2D eigenvalue weighted by Crippen LogP contribution is 2.08. The van der Waals surface area contributed by atoms with E-state index in [1.54, 1.807) is 7.11 Å². The number of aliphatic hydroxyl groups excluding tert-OH is 1. The predicted molar refractivity (Wildman–Crippen MR) is 73.7 cm³/mol. The number of methoxy groups -OCH3 is 1. The molecule has 0 saturated heterocycles. The molecular formula is C14H18ClNO2. The van der Waals surface area contributed by atoms with Crippen molar-refractivity contribution in [2.75, 3.05) is 40.0 Å². The highest BCUT2D eigenvalue weighted by Gasteiger charge is 2.00. The van der Waals surface area contributed by atoms with E-state index >= 15 is 0 Å². The second-order valence-corrected chi connectivity index (χ2v) is 4.24. The van der Waals surface area contributed by atoms with Gasteiger partial charge < -0.3 is 9.84 Å². The summed E-state index contributed by atoms with van der Waals surface area (Å²) in [5, 5.41) is 9.65. The first-order valence-electron chi connectivity index (χ1n) is 5.83.